The first kappa shape index (κ1) is 14.8. The van der Waals surface area contributed by atoms with Gasteiger partial charge in [0.05, 0.1) is 11.1 Å². The van der Waals surface area contributed by atoms with Crippen molar-refractivity contribution in [3.05, 3.63) is 51.9 Å². The van der Waals surface area contributed by atoms with Crippen molar-refractivity contribution < 1.29 is 29.0 Å². The van der Waals surface area contributed by atoms with E-state index in [1.165, 1.54) is 12.1 Å². The van der Waals surface area contributed by atoms with Crippen LogP contribution in [0.2, 0.25) is 0 Å². The number of benzene rings is 1. The summed E-state index contributed by atoms with van der Waals surface area (Å²) in [5.74, 6) is -3.22. The van der Waals surface area contributed by atoms with Crippen molar-refractivity contribution in [2.24, 2.45) is 0 Å². The number of aromatic carboxylic acids is 2. The lowest BCUT2D eigenvalue weighted by molar-refractivity contribution is 0.0696. The fraction of sp³-hybridized carbons (Fsp3) is 0. The summed E-state index contributed by atoms with van der Waals surface area (Å²) in [6, 6.07) is 6.25. The maximum absolute atomic E-state index is 11.9. The van der Waals surface area contributed by atoms with Gasteiger partial charge in [-0.2, -0.15) is 0 Å². The van der Waals surface area contributed by atoms with Crippen molar-refractivity contribution in [1.29, 1.82) is 0 Å². The van der Waals surface area contributed by atoms with E-state index in [1.54, 1.807) is 0 Å². The van der Waals surface area contributed by atoms with Crippen molar-refractivity contribution in [1.82, 2.24) is 0 Å². The molecule has 0 saturated heterocycles. The van der Waals surface area contributed by atoms with Crippen LogP contribution in [0.3, 0.4) is 0 Å². The number of amides is 1. The van der Waals surface area contributed by atoms with E-state index in [1.807, 2.05) is 0 Å². The lowest BCUT2D eigenvalue weighted by atomic mass is 10.1. The third-order valence-electron chi connectivity index (χ3n) is 2.48. The first-order valence-corrected chi connectivity index (χ1v) is 6.34. The second-order valence-electron chi connectivity index (χ2n) is 3.97. The van der Waals surface area contributed by atoms with Gasteiger partial charge in [0.1, 0.15) is 0 Å². The molecule has 0 fully saturated rings. The largest absolute Gasteiger partial charge is 0.478 e. The van der Waals surface area contributed by atoms with E-state index in [9.17, 15) is 14.4 Å². The Hall–Kier alpha value is -2.61. The maximum Gasteiger partial charge on any atom is 0.335 e. The summed E-state index contributed by atoms with van der Waals surface area (Å²) in [6.07, 6.45) is 0. The highest BCUT2D eigenvalue weighted by atomic mass is 79.9. The highest BCUT2D eigenvalue weighted by Gasteiger charge is 2.15. The SMILES string of the molecule is O=C(O)c1cc(NC(=O)c2ccc(Br)o2)cc(C(=O)O)c1. The molecule has 1 amide bonds. The minimum absolute atomic E-state index is 0.000483. The van der Waals surface area contributed by atoms with Crippen LogP contribution in [0.15, 0.2) is 39.4 Å². The van der Waals surface area contributed by atoms with Gasteiger partial charge in [-0.05, 0) is 46.3 Å². The van der Waals surface area contributed by atoms with Gasteiger partial charge in [0.25, 0.3) is 5.91 Å². The summed E-state index contributed by atoms with van der Waals surface area (Å²) in [7, 11) is 0. The minimum atomic E-state index is -1.30. The van der Waals surface area contributed by atoms with E-state index in [-0.39, 0.29) is 22.6 Å². The Labute approximate surface area is 126 Å². The molecule has 1 aromatic heterocycles. The van der Waals surface area contributed by atoms with Gasteiger partial charge in [-0.25, -0.2) is 9.59 Å². The Morgan fingerprint density at radius 3 is 2.00 bits per heavy atom. The maximum atomic E-state index is 11.9. The number of carboxylic acids is 2. The van der Waals surface area contributed by atoms with Crippen LogP contribution in [0.25, 0.3) is 0 Å². The summed E-state index contributed by atoms with van der Waals surface area (Å²) in [4.78, 5) is 33.8. The molecule has 0 aliphatic carbocycles. The number of furan rings is 1. The lowest BCUT2D eigenvalue weighted by Crippen LogP contribution is -2.12. The van der Waals surface area contributed by atoms with Gasteiger partial charge in [-0.1, -0.05) is 0 Å². The molecular formula is C13H8BrNO6. The van der Waals surface area contributed by atoms with Gasteiger partial charge < -0.3 is 19.9 Å². The van der Waals surface area contributed by atoms with Crippen LogP contribution in [0, 0.1) is 0 Å². The Morgan fingerprint density at radius 1 is 1.00 bits per heavy atom. The summed E-state index contributed by atoms with van der Waals surface area (Å²) in [6.45, 7) is 0. The average Bonchev–Trinajstić information content (AvgIpc) is 2.85. The van der Waals surface area contributed by atoms with Gasteiger partial charge in [0.2, 0.25) is 0 Å². The van der Waals surface area contributed by atoms with Crippen LogP contribution in [-0.2, 0) is 0 Å². The molecule has 0 radical (unpaired) electrons. The van der Waals surface area contributed by atoms with E-state index < -0.39 is 17.8 Å². The van der Waals surface area contributed by atoms with Crippen LogP contribution in [0.4, 0.5) is 5.69 Å². The van der Waals surface area contributed by atoms with E-state index >= 15 is 0 Å². The van der Waals surface area contributed by atoms with E-state index in [2.05, 4.69) is 21.2 Å². The number of anilines is 1. The van der Waals surface area contributed by atoms with Gasteiger partial charge in [-0.15, -0.1) is 0 Å². The fourth-order valence-corrected chi connectivity index (χ4v) is 1.88. The molecule has 2 aromatic rings. The third-order valence-corrected chi connectivity index (χ3v) is 2.91. The zero-order valence-electron chi connectivity index (χ0n) is 10.3. The summed E-state index contributed by atoms with van der Waals surface area (Å²) >= 11 is 3.05. The fourth-order valence-electron chi connectivity index (χ4n) is 1.58. The number of hydrogen-bond acceptors (Lipinski definition) is 4. The molecule has 108 valence electrons. The smallest absolute Gasteiger partial charge is 0.335 e. The zero-order chi connectivity index (χ0) is 15.6. The molecule has 1 heterocycles. The predicted molar refractivity (Wildman–Crippen MR) is 74.7 cm³/mol. The summed E-state index contributed by atoms with van der Waals surface area (Å²) in [5.41, 5.74) is -0.443. The molecule has 0 unspecified atom stereocenters. The van der Waals surface area contributed by atoms with Gasteiger partial charge >= 0.3 is 11.9 Å². The molecule has 0 bridgehead atoms. The molecular weight excluding hydrogens is 346 g/mol. The van der Waals surface area contributed by atoms with E-state index in [0.29, 0.717) is 4.67 Å². The minimum Gasteiger partial charge on any atom is -0.478 e. The van der Waals surface area contributed by atoms with E-state index in [4.69, 9.17) is 14.6 Å². The Balaban J connectivity index is 2.32. The molecule has 1 aromatic carbocycles. The number of nitrogens with one attached hydrogen (secondary N) is 1. The van der Waals surface area contributed by atoms with Crippen molar-refractivity contribution in [3.8, 4) is 0 Å². The molecule has 0 aliphatic heterocycles. The molecule has 2 rings (SSSR count). The molecule has 0 aliphatic rings. The highest BCUT2D eigenvalue weighted by molar-refractivity contribution is 9.10. The second kappa shape index (κ2) is 5.80. The van der Waals surface area contributed by atoms with Gasteiger partial charge in [0.15, 0.2) is 10.4 Å². The third kappa shape index (κ3) is 3.48. The predicted octanol–water partition coefficient (Wildman–Crippen LogP) is 2.69. The Bertz CT molecular complexity index is 704. The van der Waals surface area contributed by atoms with Crippen molar-refractivity contribution in [2.45, 2.75) is 0 Å². The quantitative estimate of drug-likeness (QED) is 0.777. The Kier molecular flexibility index (Phi) is 4.08. The van der Waals surface area contributed by atoms with Crippen LogP contribution in [-0.4, -0.2) is 28.1 Å². The normalized spacial score (nSPS) is 10.1. The lowest BCUT2D eigenvalue weighted by Gasteiger charge is -2.06. The molecule has 21 heavy (non-hydrogen) atoms. The monoisotopic (exact) mass is 353 g/mol. The molecule has 0 atom stereocenters. The number of hydrogen-bond donors (Lipinski definition) is 3. The first-order valence-electron chi connectivity index (χ1n) is 5.55. The second-order valence-corrected chi connectivity index (χ2v) is 4.75. The van der Waals surface area contributed by atoms with Gasteiger partial charge in [0, 0.05) is 5.69 Å². The number of carbonyl (C=O) groups excluding carboxylic acids is 1. The van der Waals surface area contributed by atoms with Crippen LogP contribution < -0.4 is 5.32 Å². The van der Waals surface area contributed by atoms with Crippen molar-refractivity contribution in [3.63, 3.8) is 0 Å². The number of halogens is 1. The molecule has 0 saturated carbocycles. The van der Waals surface area contributed by atoms with Crippen molar-refractivity contribution >= 4 is 39.5 Å². The molecule has 3 N–H and O–H groups in total. The van der Waals surface area contributed by atoms with Crippen LogP contribution >= 0.6 is 15.9 Å². The summed E-state index contributed by atoms with van der Waals surface area (Å²) in [5, 5.41) is 20.3. The van der Waals surface area contributed by atoms with E-state index in [0.717, 1.165) is 18.2 Å². The zero-order valence-corrected chi connectivity index (χ0v) is 11.9. The van der Waals surface area contributed by atoms with Gasteiger partial charge in [-0.3, -0.25) is 4.79 Å². The molecule has 8 heteroatoms. The van der Waals surface area contributed by atoms with Crippen molar-refractivity contribution in [2.75, 3.05) is 5.32 Å². The average molecular weight is 354 g/mol. The Morgan fingerprint density at radius 2 is 1.57 bits per heavy atom. The first-order chi connectivity index (χ1) is 9.86. The molecule has 0 spiro atoms. The molecule has 7 nitrogen and oxygen atoms in total. The standard InChI is InChI=1S/C13H8BrNO6/c14-10-2-1-9(21-10)11(16)15-8-4-6(12(17)18)3-7(5-8)13(19)20/h1-5H,(H,15,16)(H,17,18)(H,19,20). The highest BCUT2D eigenvalue weighted by Crippen LogP contribution is 2.19. The summed E-state index contributed by atoms with van der Waals surface area (Å²) < 4.78 is 5.40. The number of carboxylic acid groups (broad SMARTS) is 2. The number of carbonyl (C=O) groups is 3. The number of rotatable bonds is 4. The van der Waals surface area contributed by atoms with Crippen LogP contribution in [0.1, 0.15) is 31.3 Å². The topological polar surface area (TPSA) is 117 Å². The van der Waals surface area contributed by atoms with Crippen LogP contribution in [0.5, 0.6) is 0 Å².